The molecule has 1 aromatic carbocycles. The lowest BCUT2D eigenvalue weighted by Gasteiger charge is -2.17. The summed E-state index contributed by atoms with van der Waals surface area (Å²) < 4.78 is 5.27. The summed E-state index contributed by atoms with van der Waals surface area (Å²) in [5, 5.41) is 14.2. The largest absolute Gasteiger partial charge is 0.460 e. The van der Waals surface area contributed by atoms with E-state index in [1.165, 1.54) is 18.3 Å². The zero-order valence-corrected chi connectivity index (χ0v) is 13.7. The van der Waals surface area contributed by atoms with Crippen molar-refractivity contribution in [3.05, 3.63) is 63.3 Å². The van der Waals surface area contributed by atoms with Crippen molar-refractivity contribution in [1.29, 1.82) is 0 Å². The van der Waals surface area contributed by atoms with Gasteiger partial charge in [0.25, 0.3) is 5.69 Å². The number of carbonyl (C=O) groups excluding carboxylic acids is 1. The molecule has 0 aliphatic rings. The maximum atomic E-state index is 12.0. The SMILES string of the molecule is CCC(COC(=O)c1ccc(Cl)cc1)Nc1ccc([N+](=O)[O-])cn1. The van der Waals surface area contributed by atoms with Crippen LogP contribution < -0.4 is 5.32 Å². The molecule has 126 valence electrons. The number of ether oxygens (including phenoxy) is 1. The van der Waals surface area contributed by atoms with Gasteiger partial charge in [-0.2, -0.15) is 0 Å². The molecule has 2 aromatic rings. The van der Waals surface area contributed by atoms with Crippen LogP contribution in [0.2, 0.25) is 5.02 Å². The number of anilines is 1. The number of nitrogens with one attached hydrogen (secondary N) is 1. The van der Waals surface area contributed by atoms with Crippen LogP contribution in [0.25, 0.3) is 0 Å². The summed E-state index contributed by atoms with van der Waals surface area (Å²) in [6.45, 7) is 2.08. The van der Waals surface area contributed by atoms with Crippen molar-refractivity contribution in [3.8, 4) is 0 Å². The highest BCUT2D eigenvalue weighted by molar-refractivity contribution is 6.30. The van der Waals surface area contributed by atoms with Crippen LogP contribution in [0, 0.1) is 10.1 Å². The highest BCUT2D eigenvalue weighted by Crippen LogP contribution is 2.14. The van der Waals surface area contributed by atoms with E-state index in [9.17, 15) is 14.9 Å². The molecule has 1 aromatic heterocycles. The molecule has 8 heteroatoms. The summed E-state index contributed by atoms with van der Waals surface area (Å²) in [7, 11) is 0. The number of esters is 1. The second-order valence-electron chi connectivity index (χ2n) is 5.01. The predicted octanol–water partition coefficient (Wildman–Crippen LogP) is 3.69. The lowest BCUT2D eigenvalue weighted by molar-refractivity contribution is -0.385. The summed E-state index contributed by atoms with van der Waals surface area (Å²) in [6.07, 6.45) is 1.86. The van der Waals surface area contributed by atoms with Gasteiger partial charge in [-0.15, -0.1) is 0 Å². The average Bonchev–Trinajstić information content (AvgIpc) is 2.59. The fourth-order valence-electron chi connectivity index (χ4n) is 1.90. The smallest absolute Gasteiger partial charge is 0.338 e. The molecule has 1 atom stereocenters. The Hall–Kier alpha value is -2.67. The maximum Gasteiger partial charge on any atom is 0.338 e. The Balaban J connectivity index is 1.90. The number of hydrogen-bond acceptors (Lipinski definition) is 6. The summed E-state index contributed by atoms with van der Waals surface area (Å²) in [5.74, 6) is 0.0403. The van der Waals surface area contributed by atoms with Crippen LogP contribution in [0.1, 0.15) is 23.7 Å². The van der Waals surface area contributed by atoms with Gasteiger partial charge >= 0.3 is 5.97 Å². The monoisotopic (exact) mass is 349 g/mol. The van der Waals surface area contributed by atoms with Crippen LogP contribution in [0.5, 0.6) is 0 Å². The molecule has 0 aliphatic carbocycles. The highest BCUT2D eigenvalue weighted by atomic mass is 35.5. The molecule has 2 rings (SSSR count). The van der Waals surface area contributed by atoms with Gasteiger partial charge in [-0.1, -0.05) is 18.5 Å². The zero-order chi connectivity index (χ0) is 17.5. The molecular formula is C16H16ClN3O4. The van der Waals surface area contributed by atoms with Crippen LogP contribution in [0.4, 0.5) is 11.5 Å². The number of pyridine rings is 1. The molecule has 0 amide bonds. The van der Waals surface area contributed by atoms with Crippen LogP contribution in [0.3, 0.4) is 0 Å². The Bertz CT molecular complexity index is 704. The number of aromatic nitrogens is 1. The number of halogens is 1. The Morgan fingerprint density at radius 3 is 2.58 bits per heavy atom. The normalized spacial score (nSPS) is 11.6. The second kappa shape index (κ2) is 8.26. The molecule has 1 heterocycles. The topological polar surface area (TPSA) is 94.4 Å². The van der Waals surface area contributed by atoms with Gasteiger partial charge in [0.2, 0.25) is 0 Å². The molecule has 1 N–H and O–H groups in total. The maximum absolute atomic E-state index is 12.0. The minimum Gasteiger partial charge on any atom is -0.460 e. The van der Waals surface area contributed by atoms with Gasteiger partial charge in [0.15, 0.2) is 0 Å². The predicted molar refractivity (Wildman–Crippen MR) is 90.3 cm³/mol. The standard InChI is InChI=1S/C16H16ClN3O4/c1-2-13(19-15-8-7-14(9-18-15)20(22)23)10-24-16(21)11-3-5-12(17)6-4-11/h3-9,13H,2,10H2,1H3,(H,18,19). The van der Waals surface area contributed by atoms with Crippen LogP contribution in [-0.4, -0.2) is 28.5 Å². The number of carbonyl (C=O) groups is 1. The van der Waals surface area contributed by atoms with Crippen LogP contribution >= 0.6 is 11.6 Å². The van der Waals surface area contributed by atoms with E-state index in [0.717, 1.165) is 0 Å². The van der Waals surface area contributed by atoms with Crippen molar-refractivity contribution >= 4 is 29.1 Å². The first-order chi connectivity index (χ1) is 11.5. The summed E-state index contributed by atoms with van der Waals surface area (Å²) in [6, 6.07) is 9.15. The number of hydrogen-bond donors (Lipinski definition) is 1. The van der Waals surface area contributed by atoms with Crippen molar-refractivity contribution in [3.63, 3.8) is 0 Å². The van der Waals surface area contributed by atoms with E-state index in [1.54, 1.807) is 24.3 Å². The van der Waals surface area contributed by atoms with E-state index in [4.69, 9.17) is 16.3 Å². The number of nitrogens with zero attached hydrogens (tertiary/aromatic N) is 2. The van der Waals surface area contributed by atoms with Gasteiger partial charge in [0, 0.05) is 11.1 Å². The molecule has 0 bridgehead atoms. The summed E-state index contributed by atoms with van der Waals surface area (Å²) in [4.78, 5) is 26.0. The first-order valence-corrected chi connectivity index (χ1v) is 7.67. The zero-order valence-electron chi connectivity index (χ0n) is 12.9. The third kappa shape index (κ3) is 4.92. The van der Waals surface area contributed by atoms with Crippen LogP contribution in [0.15, 0.2) is 42.6 Å². The van der Waals surface area contributed by atoms with Crippen molar-refractivity contribution < 1.29 is 14.5 Å². The number of rotatable bonds is 7. The second-order valence-corrected chi connectivity index (χ2v) is 5.45. The van der Waals surface area contributed by atoms with Gasteiger partial charge < -0.3 is 10.1 Å². The van der Waals surface area contributed by atoms with E-state index in [2.05, 4.69) is 10.3 Å². The molecule has 7 nitrogen and oxygen atoms in total. The summed E-state index contributed by atoms with van der Waals surface area (Å²) in [5.41, 5.74) is 0.338. The van der Waals surface area contributed by atoms with E-state index in [0.29, 0.717) is 22.8 Å². The first kappa shape index (κ1) is 17.7. The quantitative estimate of drug-likeness (QED) is 0.465. The van der Waals surface area contributed by atoms with Crippen molar-refractivity contribution in [2.45, 2.75) is 19.4 Å². The number of nitro groups is 1. The minimum atomic E-state index is -0.512. The van der Waals surface area contributed by atoms with Gasteiger partial charge in [-0.25, -0.2) is 9.78 Å². The molecule has 0 aliphatic heterocycles. The van der Waals surface area contributed by atoms with E-state index < -0.39 is 10.9 Å². The molecule has 24 heavy (non-hydrogen) atoms. The van der Waals surface area contributed by atoms with Crippen molar-refractivity contribution in [1.82, 2.24) is 4.98 Å². The fourth-order valence-corrected chi connectivity index (χ4v) is 2.02. The Kier molecular flexibility index (Phi) is 6.08. The lowest BCUT2D eigenvalue weighted by atomic mass is 10.2. The Morgan fingerprint density at radius 1 is 1.33 bits per heavy atom. The van der Waals surface area contributed by atoms with Gasteiger partial charge in [0.1, 0.15) is 18.6 Å². The molecule has 1 unspecified atom stereocenters. The van der Waals surface area contributed by atoms with Crippen LogP contribution in [-0.2, 0) is 4.74 Å². The first-order valence-electron chi connectivity index (χ1n) is 7.29. The lowest BCUT2D eigenvalue weighted by Crippen LogP contribution is -2.26. The Morgan fingerprint density at radius 2 is 2.04 bits per heavy atom. The minimum absolute atomic E-state index is 0.0808. The van der Waals surface area contributed by atoms with E-state index in [1.807, 2.05) is 6.92 Å². The average molecular weight is 350 g/mol. The summed E-state index contributed by atoms with van der Waals surface area (Å²) >= 11 is 5.78. The highest BCUT2D eigenvalue weighted by Gasteiger charge is 2.13. The third-order valence-corrected chi connectivity index (χ3v) is 3.55. The van der Waals surface area contributed by atoms with E-state index in [-0.39, 0.29) is 18.3 Å². The van der Waals surface area contributed by atoms with Crippen molar-refractivity contribution in [2.24, 2.45) is 0 Å². The van der Waals surface area contributed by atoms with E-state index >= 15 is 0 Å². The van der Waals surface area contributed by atoms with Crippen molar-refractivity contribution in [2.75, 3.05) is 11.9 Å². The van der Waals surface area contributed by atoms with Gasteiger partial charge in [-0.05, 0) is 36.8 Å². The third-order valence-electron chi connectivity index (χ3n) is 3.30. The van der Waals surface area contributed by atoms with Gasteiger partial charge in [0.05, 0.1) is 16.5 Å². The molecule has 0 fully saturated rings. The molecular weight excluding hydrogens is 334 g/mol. The van der Waals surface area contributed by atoms with Gasteiger partial charge in [-0.3, -0.25) is 10.1 Å². The molecule has 0 saturated carbocycles. The molecule has 0 radical (unpaired) electrons. The fraction of sp³-hybridized carbons (Fsp3) is 0.250. The number of benzene rings is 1. The molecule has 0 saturated heterocycles. The molecule has 0 spiro atoms. The Labute approximate surface area is 143 Å².